The summed E-state index contributed by atoms with van der Waals surface area (Å²) in [6.45, 7) is 0.497. The fraction of sp³-hybridized carbons (Fsp3) is 0.286. The molecule has 1 amide bonds. The summed E-state index contributed by atoms with van der Waals surface area (Å²) >= 11 is 13.3. The maximum Gasteiger partial charge on any atom is 0.233 e. The topological polar surface area (TPSA) is 38.1 Å². The van der Waals surface area contributed by atoms with Crippen LogP contribution in [0.15, 0.2) is 35.7 Å². The Balaban J connectivity index is 1.90. The van der Waals surface area contributed by atoms with Crippen molar-refractivity contribution in [1.29, 1.82) is 0 Å². The van der Waals surface area contributed by atoms with Crippen molar-refractivity contribution >= 4 is 40.9 Å². The predicted octanol–water partition coefficient (Wildman–Crippen LogP) is 3.48. The van der Waals surface area contributed by atoms with Crippen LogP contribution in [0.2, 0.25) is 10.0 Å². The van der Waals surface area contributed by atoms with E-state index in [0.29, 0.717) is 22.3 Å². The monoisotopic (exact) mass is 343 g/mol. The third-order valence-corrected chi connectivity index (χ3v) is 4.71. The fourth-order valence-electron chi connectivity index (χ4n) is 1.73. The molecule has 0 saturated heterocycles. The molecular weight excluding hydrogens is 329 g/mol. The number of hydrogen-bond donors (Lipinski definition) is 0. The Morgan fingerprint density at radius 1 is 1.38 bits per heavy atom. The maximum absolute atomic E-state index is 12.1. The van der Waals surface area contributed by atoms with Crippen molar-refractivity contribution in [1.82, 2.24) is 14.5 Å². The Morgan fingerprint density at radius 2 is 2.14 bits per heavy atom. The summed E-state index contributed by atoms with van der Waals surface area (Å²) in [7, 11) is 3.67. The van der Waals surface area contributed by atoms with Crippen molar-refractivity contribution in [2.24, 2.45) is 7.05 Å². The second kappa shape index (κ2) is 7.20. The minimum absolute atomic E-state index is 0.0362. The summed E-state index contributed by atoms with van der Waals surface area (Å²) < 4.78 is 1.89. The Labute approximate surface area is 138 Å². The van der Waals surface area contributed by atoms with Gasteiger partial charge in [-0.1, -0.05) is 41.0 Å². The van der Waals surface area contributed by atoms with Gasteiger partial charge in [-0.15, -0.1) is 0 Å². The zero-order chi connectivity index (χ0) is 15.4. The normalized spacial score (nSPS) is 10.7. The van der Waals surface area contributed by atoms with Crippen molar-refractivity contribution in [2.75, 3.05) is 12.8 Å². The molecule has 21 heavy (non-hydrogen) atoms. The Hall–Kier alpha value is -1.17. The molecule has 0 unspecified atom stereocenters. The molecule has 1 heterocycles. The molecule has 0 bridgehead atoms. The first kappa shape index (κ1) is 16.2. The van der Waals surface area contributed by atoms with Crippen molar-refractivity contribution < 1.29 is 4.79 Å². The second-order valence-corrected chi connectivity index (χ2v) is 6.36. The van der Waals surface area contributed by atoms with Gasteiger partial charge in [0.25, 0.3) is 0 Å². The second-order valence-electron chi connectivity index (χ2n) is 4.61. The molecule has 112 valence electrons. The third kappa shape index (κ3) is 4.40. The number of thioether (sulfide) groups is 1. The van der Waals surface area contributed by atoms with Gasteiger partial charge in [-0.3, -0.25) is 4.79 Å². The number of carbonyl (C=O) groups is 1. The molecule has 2 rings (SSSR count). The quantitative estimate of drug-likeness (QED) is 0.780. The highest BCUT2D eigenvalue weighted by molar-refractivity contribution is 7.99. The molecule has 2 aromatic rings. The van der Waals surface area contributed by atoms with Crippen LogP contribution in [-0.4, -0.2) is 33.2 Å². The number of benzene rings is 1. The van der Waals surface area contributed by atoms with E-state index in [1.807, 2.05) is 23.9 Å². The number of carbonyl (C=O) groups excluding carboxylic acids is 1. The lowest BCUT2D eigenvalue weighted by atomic mass is 10.2. The van der Waals surface area contributed by atoms with Crippen molar-refractivity contribution in [3.8, 4) is 0 Å². The SMILES string of the molecule is CN(Cc1ccc(Cl)c(Cl)c1)C(=O)CSc1nccn1C. The molecule has 0 atom stereocenters. The maximum atomic E-state index is 12.1. The molecule has 0 aliphatic carbocycles. The van der Waals surface area contributed by atoms with Crippen LogP contribution in [0.4, 0.5) is 0 Å². The minimum Gasteiger partial charge on any atom is -0.341 e. The first-order valence-electron chi connectivity index (χ1n) is 6.25. The minimum atomic E-state index is 0.0362. The number of aryl methyl sites for hydroxylation is 1. The van der Waals surface area contributed by atoms with Gasteiger partial charge in [-0.25, -0.2) is 4.98 Å². The summed E-state index contributed by atoms with van der Waals surface area (Å²) in [4.78, 5) is 18.0. The van der Waals surface area contributed by atoms with Gasteiger partial charge >= 0.3 is 0 Å². The van der Waals surface area contributed by atoms with Gasteiger partial charge in [-0.2, -0.15) is 0 Å². The fourth-order valence-corrected chi connectivity index (χ4v) is 2.92. The lowest BCUT2D eigenvalue weighted by Gasteiger charge is -2.17. The zero-order valence-corrected chi connectivity index (χ0v) is 14.0. The van der Waals surface area contributed by atoms with Crippen LogP contribution in [-0.2, 0) is 18.4 Å². The number of halogens is 2. The van der Waals surface area contributed by atoms with E-state index in [1.165, 1.54) is 11.8 Å². The lowest BCUT2D eigenvalue weighted by molar-refractivity contribution is -0.127. The van der Waals surface area contributed by atoms with E-state index >= 15 is 0 Å². The van der Waals surface area contributed by atoms with E-state index in [1.54, 1.807) is 30.3 Å². The molecule has 7 heteroatoms. The third-order valence-electron chi connectivity index (χ3n) is 2.93. The number of hydrogen-bond acceptors (Lipinski definition) is 3. The largest absolute Gasteiger partial charge is 0.341 e. The summed E-state index contributed by atoms with van der Waals surface area (Å²) in [6.07, 6.45) is 3.57. The zero-order valence-electron chi connectivity index (χ0n) is 11.7. The predicted molar refractivity (Wildman–Crippen MR) is 86.9 cm³/mol. The molecule has 1 aromatic heterocycles. The van der Waals surface area contributed by atoms with Crippen LogP contribution in [0.1, 0.15) is 5.56 Å². The summed E-state index contributed by atoms with van der Waals surface area (Å²) in [5, 5.41) is 1.84. The average molecular weight is 344 g/mol. The standard InChI is InChI=1S/C14H15Cl2N3OS/c1-18-6-5-17-14(18)21-9-13(20)19(2)8-10-3-4-11(15)12(16)7-10/h3-7H,8-9H2,1-2H3. The number of amides is 1. The Bertz CT molecular complexity index is 645. The van der Waals surface area contributed by atoms with E-state index < -0.39 is 0 Å². The molecule has 0 radical (unpaired) electrons. The van der Waals surface area contributed by atoms with Crippen LogP contribution in [0.25, 0.3) is 0 Å². The van der Waals surface area contributed by atoms with E-state index in [0.717, 1.165) is 10.7 Å². The lowest BCUT2D eigenvalue weighted by Crippen LogP contribution is -2.27. The van der Waals surface area contributed by atoms with E-state index in [4.69, 9.17) is 23.2 Å². The summed E-state index contributed by atoms with van der Waals surface area (Å²) in [6, 6.07) is 5.38. The van der Waals surface area contributed by atoms with Crippen LogP contribution in [0.3, 0.4) is 0 Å². The van der Waals surface area contributed by atoms with Gasteiger partial charge in [0.1, 0.15) is 0 Å². The molecular formula is C14H15Cl2N3OS. The molecule has 4 nitrogen and oxygen atoms in total. The first-order valence-corrected chi connectivity index (χ1v) is 7.99. The highest BCUT2D eigenvalue weighted by Crippen LogP contribution is 2.23. The number of nitrogens with zero attached hydrogens (tertiary/aromatic N) is 3. The molecule has 0 saturated carbocycles. The van der Waals surface area contributed by atoms with Crippen molar-refractivity contribution in [3.63, 3.8) is 0 Å². The smallest absolute Gasteiger partial charge is 0.233 e. The molecule has 1 aromatic carbocycles. The first-order chi connectivity index (χ1) is 9.97. The van der Waals surface area contributed by atoms with Gasteiger partial charge in [0, 0.05) is 33.0 Å². The van der Waals surface area contributed by atoms with Crippen LogP contribution < -0.4 is 0 Å². The van der Waals surface area contributed by atoms with Crippen molar-refractivity contribution in [2.45, 2.75) is 11.7 Å². The van der Waals surface area contributed by atoms with E-state index in [-0.39, 0.29) is 5.91 Å². The number of imidazole rings is 1. The molecule has 0 fully saturated rings. The Morgan fingerprint density at radius 3 is 2.76 bits per heavy atom. The Kier molecular flexibility index (Phi) is 5.56. The van der Waals surface area contributed by atoms with E-state index in [2.05, 4.69) is 4.98 Å². The van der Waals surface area contributed by atoms with Gasteiger partial charge in [-0.05, 0) is 17.7 Å². The highest BCUT2D eigenvalue weighted by atomic mass is 35.5. The molecule has 0 spiro atoms. The van der Waals surface area contributed by atoms with Crippen molar-refractivity contribution in [3.05, 3.63) is 46.2 Å². The van der Waals surface area contributed by atoms with Gasteiger partial charge in [0.2, 0.25) is 5.91 Å². The van der Waals surface area contributed by atoms with Crippen LogP contribution in [0.5, 0.6) is 0 Å². The number of aromatic nitrogens is 2. The molecule has 0 aliphatic rings. The summed E-state index contributed by atoms with van der Waals surface area (Å²) in [5.74, 6) is 0.386. The van der Waals surface area contributed by atoms with E-state index in [9.17, 15) is 4.79 Å². The van der Waals surface area contributed by atoms with Gasteiger partial charge in [0.05, 0.1) is 15.8 Å². The summed E-state index contributed by atoms with van der Waals surface area (Å²) in [5.41, 5.74) is 0.947. The van der Waals surface area contributed by atoms with Gasteiger partial charge < -0.3 is 9.47 Å². The highest BCUT2D eigenvalue weighted by Gasteiger charge is 2.12. The molecule has 0 aliphatic heterocycles. The average Bonchev–Trinajstić information content (AvgIpc) is 2.85. The van der Waals surface area contributed by atoms with Gasteiger partial charge in [0.15, 0.2) is 5.16 Å². The van der Waals surface area contributed by atoms with Crippen LogP contribution in [0, 0.1) is 0 Å². The van der Waals surface area contributed by atoms with Crippen LogP contribution >= 0.6 is 35.0 Å². The number of rotatable bonds is 5. The molecule has 0 N–H and O–H groups in total.